The molecule has 1 rings (SSSR count). The first kappa shape index (κ1) is 19.9. The molecule has 0 saturated carbocycles. The van der Waals surface area contributed by atoms with Crippen LogP contribution in [0.25, 0.3) is 0 Å². The molecular weight excluding hydrogens is 362 g/mol. The molecule has 0 spiro atoms. The van der Waals surface area contributed by atoms with Crippen LogP contribution in [0.5, 0.6) is 0 Å². The van der Waals surface area contributed by atoms with Gasteiger partial charge in [-0.1, -0.05) is 46.3 Å². The van der Waals surface area contributed by atoms with E-state index < -0.39 is 23.8 Å². The summed E-state index contributed by atoms with van der Waals surface area (Å²) in [7, 11) is 0. The van der Waals surface area contributed by atoms with Crippen molar-refractivity contribution < 1.29 is 19.4 Å². The molecule has 1 aromatic rings. The second-order valence-electron chi connectivity index (χ2n) is 6.43. The highest BCUT2D eigenvalue weighted by atomic mass is 79.9. The van der Waals surface area contributed by atoms with Gasteiger partial charge in [-0.25, -0.2) is 4.79 Å². The number of hydrogen-bond acceptors (Lipinski definition) is 4. The standard InChI is InChI=1S/C17H26BrNO4/c1-12(20)15(19-16(21)23-17(2,3)4)14(18)11-22-10-13-8-6-5-7-9-13/h5-9,12,14-15,20H,10-11H2,1-4H3,(H,19,21)/t12?,14-,15-/m0/s1. The molecule has 0 saturated heterocycles. The van der Waals surface area contributed by atoms with Crippen LogP contribution in [0.4, 0.5) is 4.79 Å². The Labute approximate surface area is 146 Å². The zero-order valence-electron chi connectivity index (χ0n) is 14.1. The van der Waals surface area contributed by atoms with Crippen molar-refractivity contribution >= 4 is 22.0 Å². The largest absolute Gasteiger partial charge is 0.444 e. The molecule has 0 radical (unpaired) electrons. The van der Waals surface area contributed by atoms with Crippen LogP contribution in [0.1, 0.15) is 33.3 Å². The van der Waals surface area contributed by atoms with Gasteiger partial charge in [0.2, 0.25) is 0 Å². The summed E-state index contributed by atoms with van der Waals surface area (Å²) in [5, 5.41) is 12.6. The van der Waals surface area contributed by atoms with Crippen LogP contribution in [0.3, 0.4) is 0 Å². The maximum absolute atomic E-state index is 11.9. The number of carbonyl (C=O) groups is 1. The summed E-state index contributed by atoms with van der Waals surface area (Å²) in [4.78, 5) is 11.6. The number of ether oxygens (including phenoxy) is 2. The predicted octanol–water partition coefficient (Wildman–Crippen LogP) is 3.24. The van der Waals surface area contributed by atoms with Gasteiger partial charge in [0.15, 0.2) is 0 Å². The third-order valence-corrected chi connectivity index (χ3v) is 3.82. The molecule has 1 amide bonds. The number of alkyl halides is 1. The molecule has 0 fully saturated rings. The average Bonchev–Trinajstić information content (AvgIpc) is 2.43. The molecule has 1 aromatic carbocycles. The lowest BCUT2D eigenvalue weighted by Gasteiger charge is -2.28. The first-order valence-corrected chi connectivity index (χ1v) is 8.54. The van der Waals surface area contributed by atoms with Gasteiger partial charge in [0, 0.05) is 0 Å². The van der Waals surface area contributed by atoms with E-state index in [1.165, 1.54) is 0 Å². The molecule has 23 heavy (non-hydrogen) atoms. The molecule has 0 aliphatic rings. The van der Waals surface area contributed by atoms with Crippen molar-refractivity contribution in [3.05, 3.63) is 35.9 Å². The quantitative estimate of drug-likeness (QED) is 0.704. The van der Waals surface area contributed by atoms with E-state index in [0.717, 1.165) is 5.56 Å². The van der Waals surface area contributed by atoms with E-state index in [-0.39, 0.29) is 4.83 Å². The zero-order chi connectivity index (χ0) is 17.5. The van der Waals surface area contributed by atoms with E-state index in [1.807, 2.05) is 30.3 Å². The van der Waals surface area contributed by atoms with Crippen molar-refractivity contribution in [2.75, 3.05) is 6.61 Å². The van der Waals surface area contributed by atoms with Crippen molar-refractivity contribution in [2.24, 2.45) is 0 Å². The minimum Gasteiger partial charge on any atom is -0.444 e. The number of benzene rings is 1. The van der Waals surface area contributed by atoms with Crippen LogP contribution < -0.4 is 5.32 Å². The van der Waals surface area contributed by atoms with E-state index >= 15 is 0 Å². The van der Waals surface area contributed by atoms with Gasteiger partial charge in [0.1, 0.15) is 5.60 Å². The molecule has 3 atom stereocenters. The van der Waals surface area contributed by atoms with Gasteiger partial charge in [-0.3, -0.25) is 0 Å². The van der Waals surface area contributed by atoms with Gasteiger partial charge in [0.25, 0.3) is 0 Å². The molecule has 6 heteroatoms. The highest BCUT2D eigenvalue weighted by Crippen LogP contribution is 2.14. The fraction of sp³-hybridized carbons (Fsp3) is 0.588. The Kier molecular flexibility index (Phi) is 8.02. The Balaban J connectivity index is 2.47. The lowest BCUT2D eigenvalue weighted by molar-refractivity contribution is 0.0396. The van der Waals surface area contributed by atoms with E-state index in [0.29, 0.717) is 13.2 Å². The summed E-state index contributed by atoms with van der Waals surface area (Å²) in [6.07, 6.45) is -1.30. The number of amides is 1. The van der Waals surface area contributed by atoms with Crippen molar-refractivity contribution in [3.8, 4) is 0 Å². The Morgan fingerprint density at radius 1 is 1.30 bits per heavy atom. The molecule has 0 aromatic heterocycles. The van der Waals surface area contributed by atoms with Gasteiger partial charge < -0.3 is 19.9 Å². The monoisotopic (exact) mass is 387 g/mol. The van der Waals surface area contributed by atoms with Crippen LogP contribution in [0.2, 0.25) is 0 Å². The number of alkyl carbamates (subject to hydrolysis) is 1. The first-order valence-electron chi connectivity index (χ1n) is 7.62. The lowest BCUT2D eigenvalue weighted by atomic mass is 10.1. The molecule has 0 heterocycles. The number of halogens is 1. The Hall–Kier alpha value is -1.11. The van der Waals surface area contributed by atoms with E-state index in [1.54, 1.807) is 27.7 Å². The molecule has 2 N–H and O–H groups in total. The van der Waals surface area contributed by atoms with Gasteiger partial charge >= 0.3 is 6.09 Å². The van der Waals surface area contributed by atoms with Crippen LogP contribution >= 0.6 is 15.9 Å². The van der Waals surface area contributed by atoms with Gasteiger partial charge in [-0.15, -0.1) is 0 Å². The third-order valence-electron chi connectivity index (χ3n) is 2.98. The predicted molar refractivity (Wildman–Crippen MR) is 93.7 cm³/mol. The van der Waals surface area contributed by atoms with Gasteiger partial charge in [0.05, 0.1) is 30.2 Å². The minimum absolute atomic E-state index is 0.237. The summed E-state index contributed by atoms with van der Waals surface area (Å²) in [5.41, 5.74) is 0.486. The molecule has 0 aliphatic heterocycles. The molecule has 130 valence electrons. The van der Waals surface area contributed by atoms with E-state index in [2.05, 4.69) is 21.2 Å². The number of rotatable bonds is 7. The maximum atomic E-state index is 11.9. The van der Waals surface area contributed by atoms with Gasteiger partial charge in [-0.2, -0.15) is 0 Å². The highest BCUT2D eigenvalue weighted by molar-refractivity contribution is 9.09. The Bertz CT molecular complexity index is 473. The summed E-state index contributed by atoms with van der Waals surface area (Å²) < 4.78 is 10.9. The second kappa shape index (κ2) is 9.25. The molecular formula is C17H26BrNO4. The first-order chi connectivity index (χ1) is 10.7. The lowest BCUT2D eigenvalue weighted by Crippen LogP contribution is -2.50. The topological polar surface area (TPSA) is 67.8 Å². The third kappa shape index (κ3) is 8.34. The summed E-state index contributed by atoms with van der Waals surface area (Å²) >= 11 is 3.47. The van der Waals surface area contributed by atoms with Crippen LogP contribution in [0, 0.1) is 0 Å². The van der Waals surface area contributed by atoms with Crippen LogP contribution in [0.15, 0.2) is 30.3 Å². The Morgan fingerprint density at radius 2 is 1.91 bits per heavy atom. The number of hydrogen-bond donors (Lipinski definition) is 2. The summed E-state index contributed by atoms with van der Waals surface area (Å²) in [6.45, 7) is 7.81. The van der Waals surface area contributed by atoms with E-state index in [4.69, 9.17) is 9.47 Å². The van der Waals surface area contributed by atoms with Crippen molar-refractivity contribution in [3.63, 3.8) is 0 Å². The molecule has 0 aliphatic carbocycles. The number of aliphatic hydroxyl groups is 1. The molecule has 5 nitrogen and oxygen atoms in total. The summed E-state index contributed by atoms with van der Waals surface area (Å²) in [5.74, 6) is 0. The number of carbonyl (C=O) groups excluding carboxylic acids is 1. The fourth-order valence-electron chi connectivity index (χ4n) is 1.92. The maximum Gasteiger partial charge on any atom is 0.408 e. The number of aliphatic hydroxyl groups excluding tert-OH is 1. The zero-order valence-corrected chi connectivity index (χ0v) is 15.7. The fourth-order valence-corrected chi connectivity index (χ4v) is 2.68. The molecule has 0 bridgehead atoms. The van der Waals surface area contributed by atoms with Crippen molar-refractivity contribution in [2.45, 2.75) is 56.9 Å². The minimum atomic E-state index is -0.743. The molecule has 1 unspecified atom stereocenters. The SMILES string of the molecule is CC(O)[C@H](NC(=O)OC(C)(C)C)[C@@H](Br)COCc1ccccc1. The Morgan fingerprint density at radius 3 is 2.43 bits per heavy atom. The smallest absolute Gasteiger partial charge is 0.408 e. The number of nitrogens with one attached hydrogen (secondary N) is 1. The van der Waals surface area contributed by atoms with Crippen LogP contribution in [-0.2, 0) is 16.1 Å². The van der Waals surface area contributed by atoms with Crippen molar-refractivity contribution in [1.82, 2.24) is 5.32 Å². The van der Waals surface area contributed by atoms with Gasteiger partial charge in [-0.05, 0) is 33.3 Å². The highest BCUT2D eigenvalue weighted by Gasteiger charge is 2.28. The summed E-state index contributed by atoms with van der Waals surface area (Å²) in [6, 6.07) is 9.30. The average molecular weight is 388 g/mol. The van der Waals surface area contributed by atoms with Crippen molar-refractivity contribution in [1.29, 1.82) is 0 Å². The van der Waals surface area contributed by atoms with E-state index in [9.17, 15) is 9.90 Å². The second-order valence-corrected chi connectivity index (χ2v) is 7.61. The normalized spacial score (nSPS) is 15.6. The van der Waals surface area contributed by atoms with Crippen LogP contribution in [-0.4, -0.2) is 40.4 Å².